The fourth-order valence-corrected chi connectivity index (χ4v) is 0. The van der Waals surface area contributed by atoms with Crippen LogP contribution in [0.15, 0.2) is 0 Å². The van der Waals surface area contributed by atoms with Crippen LogP contribution in [0.2, 0.25) is 0 Å². The summed E-state index contributed by atoms with van der Waals surface area (Å²) in [4.78, 5) is 0. The normalized spacial score (nSPS) is 4.83. The molecular weight excluding hydrogens is 323 g/mol. The van der Waals surface area contributed by atoms with Crippen molar-refractivity contribution in [1.29, 1.82) is 0 Å². The minimum absolute atomic E-state index is 0. The predicted octanol–water partition coefficient (Wildman–Crippen LogP) is -8.13. The second-order valence-electron chi connectivity index (χ2n) is 0.408. The maximum absolute atomic E-state index is 8.89. The van der Waals surface area contributed by atoms with Gasteiger partial charge < -0.3 is 36.5 Å². The Kier molecular flexibility index (Phi) is 163. The molecule has 0 aliphatic heterocycles. The first-order chi connectivity index (χ1) is 2.00. The first-order valence-corrected chi connectivity index (χ1v) is 3.00. The molecule has 0 rings (SSSR count). The molecule has 82 valence electrons. The van der Waals surface area contributed by atoms with Crippen LogP contribution >= 0.6 is 0 Å². The van der Waals surface area contributed by atoms with Crippen molar-refractivity contribution in [2.75, 3.05) is 0 Å². The third-order valence-electron chi connectivity index (χ3n) is 0. The van der Waals surface area contributed by atoms with E-state index in [2.05, 4.69) is 11.2 Å². The Morgan fingerprint density at radius 3 is 0.917 bits per heavy atom. The van der Waals surface area contributed by atoms with Gasteiger partial charge in [-0.15, -0.1) is 9.05 Å². The molecule has 0 unspecified atom stereocenters. The monoisotopic (exact) mass is 332 g/mol. The van der Waals surface area contributed by atoms with Crippen molar-refractivity contribution in [2.45, 2.75) is 0 Å². The predicted molar refractivity (Wildman–Crippen MR) is 35.1 cm³/mol. The summed E-state index contributed by atoms with van der Waals surface area (Å²) >= 11 is 3.24. The fraction of sp³-hybridized carbons (Fsp3) is 0. The van der Waals surface area contributed by atoms with Crippen LogP contribution < -0.4 is 29.6 Å². The van der Waals surface area contributed by atoms with Crippen LogP contribution in [-0.2, 0) is 42.6 Å². The molecule has 12 heteroatoms. The quantitative estimate of drug-likeness (QED) is 0.394. The van der Waals surface area contributed by atoms with Gasteiger partial charge in [0, 0.05) is 0 Å². The van der Waals surface area contributed by atoms with E-state index in [0.29, 0.717) is 0 Å². The van der Waals surface area contributed by atoms with Crippen LogP contribution in [0.25, 0.3) is 0 Å². The van der Waals surface area contributed by atoms with E-state index in [0.717, 1.165) is 0 Å². The largest absolute Gasteiger partial charge is 1.00 e. The topological polar surface area (TPSA) is 221 Å². The minimum atomic E-state index is -4.33. The Morgan fingerprint density at radius 2 is 0.917 bits per heavy atom. The van der Waals surface area contributed by atoms with E-state index in [9.17, 15) is 0 Å². The summed E-state index contributed by atoms with van der Waals surface area (Å²) in [6.07, 6.45) is 0. The van der Waals surface area contributed by atoms with Gasteiger partial charge in [0.2, 0.25) is 0 Å². The van der Waals surface area contributed by atoms with Crippen molar-refractivity contribution in [3.8, 4) is 0 Å². The molecule has 0 aromatic carbocycles. The molecule has 0 aromatic rings. The van der Waals surface area contributed by atoms with Gasteiger partial charge in [-0.05, 0) is 11.2 Å². The van der Waals surface area contributed by atoms with Gasteiger partial charge in [-0.1, -0.05) is 0 Å². The van der Waals surface area contributed by atoms with Gasteiger partial charge in [-0.3, -0.25) is 4.21 Å². The molecule has 0 heterocycles. The molecule has 0 aliphatic rings. The molecule has 0 saturated carbocycles. The van der Waals surface area contributed by atoms with Crippen molar-refractivity contribution in [2.24, 2.45) is 0 Å². The first kappa shape index (κ1) is 67.0. The van der Waals surface area contributed by atoms with Crippen LogP contribution in [-0.4, -0.2) is 40.7 Å². The van der Waals surface area contributed by atoms with Crippen LogP contribution in [0.3, 0.4) is 0 Å². The average molecular weight is 333 g/mol. The summed E-state index contributed by atoms with van der Waals surface area (Å²) in [5.41, 5.74) is 0. The van der Waals surface area contributed by atoms with Gasteiger partial charge in [0.15, 0.2) is 0 Å². The zero-order chi connectivity index (χ0) is 4.50. The van der Waals surface area contributed by atoms with Gasteiger partial charge in [0.25, 0.3) is 0 Å². The summed E-state index contributed by atoms with van der Waals surface area (Å²) in [6, 6.07) is 0. The van der Waals surface area contributed by atoms with Crippen molar-refractivity contribution < 1.29 is 92.6 Å². The second kappa shape index (κ2) is 29.3. The Labute approximate surface area is 112 Å². The molecule has 0 atom stereocenters. The zero-order valence-corrected chi connectivity index (χ0v) is 11.0. The standard InChI is InChI=1S/Ag.Na.H2O3S2.5H2O/c;;1-5(2,3)4;;;;;/h;;(H2,1,2,3,4);5*1H2/q2*+1;;;;;;/p-2. The van der Waals surface area contributed by atoms with E-state index in [1.54, 1.807) is 0 Å². The summed E-state index contributed by atoms with van der Waals surface area (Å²) in [5, 5.41) is 0. The molecule has 12 heavy (non-hydrogen) atoms. The van der Waals surface area contributed by atoms with E-state index in [-0.39, 0.29) is 79.3 Å². The molecule has 0 radical (unpaired) electrons. The third-order valence-corrected chi connectivity index (χ3v) is 0. The summed E-state index contributed by atoms with van der Waals surface area (Å²) in [5.74, 6) is 0. The molecule has 0 aliphatic carbocycles. The van der Waals surface area contributed by atoms with Crippen LogP contribution in [0.5, 0.6) is 0 Å². The van der Waals surface area contributed by atoms with Gasteiger partial charge in [-0.25, -0.2) is 0 Å². The van der Waals surface area contributed by atoms with Crippen LogP contribution in [0.4, 0.5) is 0 Å². The van der Waals surface area contributed by atoms with E-state index in [1.807, 2.05) is 0 Å². The van der Waals surface area contributed by atoms with E-state index in [1.165, 1.54) is 0 Å². The molecule has 0 fully saturated rings. The molecule has 8 nitrogen and oxygen atoms in total. The molecule has 0 amide bonds. The van der Waals surface area contributed by atoms with E-state index >= 15 is 0 Å². The van der Waals surface area contributed by atoms with Gasteiger partial charge >= 0.3 is 51.9 Å². The molecule has 0 spiro atoms. The summed E-state index contributed by atoms with van der Waals surface area (Å²) < 4.78 is 26.7. The number of rotatable bonds is 0. The summed E-state index contributed by atoms with van der Waals surface area (Å²) in [7, 11) is -4.33. The van der Waals surface area contributed by atoms with Crippen molar-refractivity contribution in [1.82, 2.24) is 0 Å². The fourth-order valence-electron chi connectivity index (χ4n) is 0. The van der Waals surface area contributed by atoms with Crippen molar-refractivity contribution >= 4 is 20.2 Å². The van der Waals surface area contributed by atoms with Crippen LogP contribution in [0, 0.1) is 0 Å². The Morgan fingerprint density at radius 1 is 0.917 bits per heavy atom. The Balaban J connectivity index is -0.00000000381. The zero-order valence-electron chi connectivity index (χ0n) is 5.84. The molecule has 0 aromatic heterocycles. The van der Waals surface area contributed by atoms with E-state index < -0.39 is 9.05 Å². The SMILES string of the molecule is O.O.O.O.O.O=S([O-])([O-])=S.[Ag+].[Na+]. The Bertz CT molecular complexity index is 100. The average Bonchev–Trinajstić information content (AvgIpc) is 0.722. The number of hydrogen-bond acceptors (Lipinski definition) is 4. The molecule has 0 saturated heterocycles. The second-order valence-corrected chi connectivity index (χ2v) is 2.45. The minimum Gasteiger partial charge on any atom is -0.780 e. The maximum Gasteiger partial charge on any atom is 1.00 e. The van der Waals surface area contributed by atoms with Gasteiger partial charge in [0.1, 0.15) is 0 Å². The van der Waals surface area contributed by atoms with E-state index in [4.69, 9.17) is 13.3 Å². The smallest absolute Gasteiger partial charge is 0.780 e. The molecule has 10 N–H and O–H groups in total. The molecular formula is H10AgNaO8S2. The Hall–Kier alpha value is 1.83. The number of hydrogen-bond donors (Lipinski definition) is 0. The van der Waals surface area contributed by atoms with Crippen molar-refractivity contribution in [3.05, 3.63) is 0 Å². The maximum atomic E-state index is 8.89. The van der Waals surface area contributed by atoms with Gasteiger partial charge in [-0.2, -0.15) is 0 Å². The first-order valence-electron chi connectivity index (χ1n) is 0.667. The van der Waals surface area contributed by atoms with Gasteiger partial charge in [0.05, 0.1) is 0 Å². The van der Waals surface area contributed by atoms with Crippen molar-refractivity contribution in [3.63, 3.8) is 0 Å². The third kappa shape index (κ3) is 414. The molecule has 0 bridgehead atoms. The van der Waals surface area contributed by atoms with Crippen LogP contribution in [0.1, 0.15) is 0 Å². The summed E-state index contributed by atoms with van der Waals surface area (Å²) in [6.45, 7) is 0.